The first kappa shape index (κ1) is 34.8. The number of ether oxygens (including phenoxy) is 2. The van der Waals surface area contributed by atoms with Gasteiger partial charge in [-0.3, -0.25) is 24.6 Å². The summed E-state index contributed by atoms with van der Waals surface area (Å²) in [6.45, 7) is 0.422. The maximum absolute atomic E-state index is 12.0. The van der Waals surface area contributed by atoms with Crippen LogP contribution in [0.5, 0.6) is 0 Å². The van der Waals surface area contributed by atoms with Crippen LogP contribution >= 0.6 is 0 Å². The number of rotatable bonds is 7. The molecule has 4 aromatic heterocycles. The number of imide groups is 1. The largest absolute Gasteiger partial charge is 0.394 e. The highest BCUT2D eigenvalue weighted by Gasteiger charge is 2.45. The number of aliphatic hydroxyl groups is 7. The summed E-state index contributed by atoms with van der Waals surface area (Å²) >= 11 is 0. The Kier molecular flexibility index (Phi) is 10.3. The second-order valence-corrected chi connectivity index (χ2v) is 10.8. The number of imidazole rings is 2. The van der Waals surface area contributed by atoms with Crippen LogP contribution in [0.3, 0.4) is 0 Å². The minimum Gasteiger partial charge on any atom is -0.394 e. The predicted molar refractivity (Wildman–Crippen MR) is 158 cm³/mol. The second-order valence-electron chi connectivity index (χ2n) is 10.8. The average Bonchev–Trinajstić information content (AvgIpc) is 3.82. The molecule has 23 nitrogen and oxygen atoms in total. The molecule has 2 saturated heterocycles. The number of aliphatic hydroxyl groups excluding tert-OH is 7. The van der Waals surface area contributed by atoms with Gasteiger partial charge in [-0.15, -0.1) is 0 Å². The standard InChI is InChI=1S/C15H21N7O7.C10H13N5O4/c1-5(24)7(16)13(27)21-15(28)20-11-8-12(18-3-17-11)22(4-19-8)14-10(26)9(25)6(2-23)29-14;11-8-5-9(13-2-12-8)15(3-14-5)10-7(18)6(17)4(1-16)19-10/h3-7,9-10,14,23-26H,2,16H2,1H3,(H2,17,18,20,21,27,28);2-4,6-7,10,16-18H,1H2,(H2,11,12,13)/t5-,6-,7+,9-,10-,14-;4-,6-,7-,10-/m11/s1. The molecule has 48 heavy (non-hydrogen) atoms. The van der Waals surface area contributed by atoms with E-state index in [1.54, 1.807) is 0 Å². The number of amides is 3. The van der Waals surface area contributed by atoms with Gasteiger partial charge in [0.2, 0.25) is 5.91 Å². The van der Waals surface area contributed by atoms with E-state index in [9.17, 15) is 40.2 Å². The zero-order chi connectivity index (χ0) is 34.9. The van der Waals surface area contributed by atoms with Crippen molar-refractivity contribution in [3.8, 4) is 0 Å². The minimum atomic E-state index is -1.35. The Labute approximate surface area is 268 Å². The minimum absolute atomic E-state index is 0.0450. The summed E-state index contributed by atoms with van der Waals surface area (Å²) in [5.41, 5.74) is 12.2. The summed E-state index contributed by atoms with van der Waals surface area (Å²) < 4.78 is 13.6. The molecule has 6 rings (SSSR count). The highest BCUT2D eigenvalue weighted by Crippen LogP contribution is 2.33. The molecule has 0 unspecified atom stereocenters. The molecule has 23 heteroatoms. The van der Waals surface area contributed by atoms with Crippen LogP contribution in [0.2, 0.25) is 0 Å². The van der Waals surface area contributed by atoms with E-state index in [0.29, 0.717) is 11.2 Å². The number of anilines is 2. The number of nitrogen functional groups attached to an aromatic ring is 1. The molecule has 2 fully saturated rings. The zero-order valence-electron chi connectivity index (χ0n) is 25.0. The second kappa shape index (κ2) is 14.3. The van der Waals surface area contributed by atoms with Crippen molar-refractivity contribution in [2.75, 3.05) is 24.3 Å². The Morgan fingerprint density at radius 2 is 1.33 bits per heavy atom. The van der Waals surface area contributed by atoms with Gasteiger partial charge in [0.25, 0.3) is 0 Å². The lowest BCUT2D eigenvalue weighted by Gasteiger charge is -2.16. The Balaban J connectivity index is 0.000000204. The van der Waals surface area contributed by atoms with Crippen molar-refractivity contribution in [3.63, 3.8) is 0 Å². The topological polar surface area (TPSA) is 358 Å². The third kappa shape index (κ3) is 6.59. The molecule has 0 bridgehead atoms. The van der Waals surface area contributed by atoms with E-state index in [2.05, 4.69) is 35.2 Å². The van der Waals surface area contributed by atoms with Crippen molar-refractivity contribution in [1.82, 2.24) is 44.4 Å². The summed E-state index contributed by atoms with van der Waals surface area (Å²) in [6.07, 6.45) is -4.92. The van der Waals surface area contributed by atoms with Crippen molar-refractivity contribution in [3.05, 3.63) is 25.3 Å². The van der Waals surface area contributed by atoms with Gasteiger partial charge in [0.1, 0.15) is 60.8 Å². The first-order valence-corrected chi connectivity index (χ1v) is 14.3. The number of urea groups is 1. The highest BCUT2D eigenvalue weighted by atomic mass is 16.6. The Morgan fingerprint density at radius 3 is 1.83 bits per heavy atom. The Bertz CT molecular complexity index is 1750. The first-order valence-electron chi connectivity index (χ1n) is 14.3. The maximum Gasteiger partial charge on any atom is 0.327 e. The molecule has 10 atom stereocenters. The van der Waals surface area contributed by atoms with Crippen LogP contribution in [0.15, 0.2) is 25.3 Å². The van der Waals surface area contributed by atoms with E-state index >= 15 is 0 Å². The van der Waals surface area contributed by atoms with Crippen molar-refractivity contribution >= 4 is 45.9 Å². The number of fused-ring (bicyclic) bond motifs is 2. The van der Waals surface area contributed by atoms with Crippen molar-refractivity contribution in [2.45, 2.75) is 68.1 Å². The number of nitrogens with two attached hydrogens (primary N) is 2. The van der Waals surface area contributed by atoms with Crippen molar-refractivity contribution in [2.24, 2.45) is 5.73 Å². The molecule has 0 saturated carbocycles. The molecule has 6 heterocycles. The highest BCUT2D eigenvalue weighted by molar-refractivity contribution is 6.05. The SMILES string of the molecule is C[C@@H](O)[C@H](N)C(=O)NC(=O)Nc1ncnc2c1ncn2[C@@H]1O[C@H](CO)[C@@H](O)[C@H]1O.Nc1ncnc2c1ncn2[C@@H]1O[C@H](CO)[C@@H](O)[C@H]1O. The van der Waals surface area contributed by atoms with Crippen LogP contribution in [0.25, 0.3) is 22.3 Å². The smallest absolute Gasteiger partial charge is 0.327 e. The molecule has 2 aliphatic rings. The van der Waals surface area contributed by atoms with Crippen LogP contribution < -0.4 is 22.1 Å². The number of nitrogens with zero attached hydrogens (tertiary/aromatic N) is 8. The molecule has 13 N–H and O–H groups in total. The van der Waals surface area contributed by atoms with Gasteiger partial charge in [0, 0.05) is 0 Å². The number of hydrogen-bond acceptors (Lipinski definition) is 19. The molecule has 0 radical (unpaired) electrons. The summed E-state index contributed by atoms with van der Waals surface area (Å²) in [7, 11) is 0. The van der Waals surface area contributed by atoms with Gasteiger partial charge >= 0.3 is 6.03 Å². The Morgan fingerprint density at radius 1 is 0.833 bits per heavy atom. The number of nitrogens with one attached hydrogen (secondary N) is 2. The van der Waals surface area contributed by atoms with Crippen molar-refractivity contribution in [1.29, 1.82) is 0 Å². The van der Waals surface area contributed by atoms with Gasteiger partial charge in [0.15, 0.2) is 40.9 Å². The van der Waals surface area contributed by atoms with E-state index in [-0.39, 0.29) is 22.8 Å². The fraction of sp³-hybridized carbons (Fsp3) is 0.520. The maximum atomic E-state index is 12.0. The molecule has 2 aliphatic heterocycles. The van der Waals surface area contributed by atoms with Crippen LogP contribution in [-0.2, 0) is 14.3 Å². The summed E-state index contributed by atoms with van der Waals surface area (Å²) in [5, 5.41) is 71.6. The number of carbonyl (C=O) groups excluding carboxylic acids is 2. The lowest BCUT2D eigenvalue weighted by molar-refractivity contribution is -0.123. The van der Waals surface area contributed by atoms with Gasteiger partial charge in [-0.2, -0.15) is 0 Å². The fourth-order valence-electron chi connectivity index (χ4n) is 4.96. The molecule has 0 spiro atoms. The quantitative estimate of drug-likeness (QED) is 0.0869. The lowest BCUT2D eigenvalue weighted by atomic mass is 10.1. The summed E-state index contributed by atoms with van der Waals surface area (Å²) in [4.78, 5) is 47.7. The van der Waals surface area contributed by atoms with E-state index < -0.39 is 86.4 Å². The van der Waals surface area contributed by atoms with Gasteiger partial charge in [-0.1, -0.05) is 0 Å². The molecular weight excluding hydrogens is 644 g/mol. The van der Waals surface area contributed by atoms with Gasteiger partial charge in [0.05, 0.1) is 32.0 Å². The summed E-state index contributed by atoms with van der Waals surface area (Å²) in [5.74, 6) is -0.716. The van der Waals surface area contributed by atoms with Crippen molar-refractivity contribution < 1.29 is 54.8 Å². The average molecular weight is 679 g/mol. The van der Waals surface area contributed by atoms with E-state index in [0.717, 1.165) is 6.33 Å². The molecule has 4 aromatic rings. The monoisotopic (exact) mass is 678 g/mol. The fourth-order valence-corrected chi connectivity index (χ4v) is 4.96. The number of carbonyl (C=O) groups is 2. The predicted octanol–water partition coefficient (Wildman–Crippen LogP) is -5.19. The van der Waals surface area contributed by atoms with Crippen LogP contribution in [0, 0.1) is 0 Å². The molecule has 3 amide bonds. The summed E-state index contributed by atoms with van der Waals surface area (Å²) in [6, 6.07) is -2.24. The van der Waals surface area contributed by atoms with Gasteiger partial charge < -0.3 is 56.7 Å². The molecule has 0 aliphatic carbocycles. The normalized spacial score (nSPS) is 28.2. The van der Waals surface area contributed by atoms with Crippen LogP contribution in [0.1, 0.15) is 19.4 Å². The lowest BCUT2D eigenvalue weighted by Crippen LogP contribution is -2.50. The number of aromatic nitrogens is 8. The first-order chi connectivity index (χ1) is 22.9. The Hall–Kier alpha value is -4.56. The van der Waals surface area contributed by atoms with Gasteiger partial charge in [-0.05, 0) is 6.92 Å². The third-order valence-electron chi connectivity index (χ3n) is 7.62. The molecular formula is C25H34N12O11. The zero-order valence-corrected chi connectivity index (χ0v) is 25.0. The molecule has 0 aromatic carbocycles. The number of hydrogen-bond donors (Lipinski definition) is 11. The van der Waals surface area contributed by atoms with Crippen LogP contribution in [-0.4, -0.2) is 149 Å². The third-order valence-corrected chi connectivity index (χ3v) is 7.62. The van der Waals surface area contributed by atoms with E-state index in [4.69, 9.17) is 26.0 Å². The van der Waals surface area contributed by atoms with E-state index in [1.807, 2.05) is 5.32 Å². The van der Waals surface area contributed by atoms with Crippen LogP contribution in [0.4, 0.5) is 16.4 Å². The van der Waals surface area contributed by atoms with E-state index in [1.165, 1.54) is 35.0 Å². The van der Waals surface area contributed by atoms with Gasteiger partial charge in [-0.25, -0.2) is 34.7 Å². The molecule has 260 valence electrons.